The maximum atomic E-state index is 13.0. The average molecular weight is 483 g/mol. The summed E-state index contributed by atoms with van der Waals surface area (Å²) in [4.78, 5) is 13.8. The first kappa shape index (κ1) is 22.2. The predicted octanol–water partition coefficient (Wildman–Crippen LogP) is 4.20. The molecule has 0 unspecified atom stereocenters. The maximum Gasteiger partial charge on any atom is 0.256 e. The number of benzene rings is 2. The second-order valence-electron chi connectivity index (χ2n) is 8.57. The second-order valence-corrected chi connectivity index (χ2v) is 12.1. The van der Waals surface area contributed by atoms with E-state index >= 15 is 0 Å². The van der Waals surface area contributed by atoms with E-state index in [-0.39, 0.29) is 22.7 Å². The quantitative estimate of drug-likeness (QED) is 0.586. The van der Waals surface area contributed by atoms with Crippen LogP contribution in [0.3, 0.4) is 0 Å². The van der Waals surface area contributed by atoms with Crippen molar-refractivity contribution in [1.82, 2.24) is 14.8 Å². The van der Waals surface area contributed by atoms with Crippen LogP contribution in [-0.2, 0) is 22.8 Å². The van der Waals surface area contributed by atoms with E-state index in [2.05, 4.69) is 20.1 Å². The number of hydrogen-bond donors (Lipinski definition) is 1. The number of fused-ring (bicyclic) bond motifs is 1. The molecule has 0 saturated carbocycles. The molecule has 2 aromatic carbocycles. The van der Waals surface area contributed by atoms with Crippen molar-refractivity contribution in [3.63, 3.8) is 0 Å². The third kappa shape index (κ3) is 4.99. The van der Waals surface area contributed by atoms with E-state index in [4.69, 9.17) is 0 Å². The summed E-state index contributed by atoms with van der Waals surface area (Å²) in [7, 11) is -2.96. The molecule has 172 valence electrons. The van der Waals surface area contributed by atoms with Crippen molar-refractivity contribution >= 4 is 33.2 Å². The van der Waals surface area contributed by atoms with Crippen molar-refractivity contribution < 1.29 is 13.2 Å². The molecule has 1 aromatic heterocycles. The third-order valence-corrected chi connectivity index (χ3v) is 9.45. The van der Waals surface area contributed by atoms with Gasteiger partial charge in [0.1, 0.15) is 5.82 Å². The van der Waals surface area contributed by atoms with Crippen molar-refractivity contribution in [2.24, 2.45) is 0 Å². The molecule has 0 spiro atoms. The van der Waals surface area contributed by atoms with Crippen LogP contribution in [-0.4, -0.2) is 45.8 Å². The van der Waals surface area contributed by atoms with E-state index < -0.39 is 9.84 Å². The van der Waals surface area contributed by atoms with Gasteiger partial charge in [0.05, 0.1) is 17.1 Å². The Morgan fingerprint density at radius 2 is 1.85 bits per heavy atom. The molecule has 1 fully saturated rings. The fourth-order valence-corrected chi connectivity index (χ4v) is 8.02. The molecule has 2 aliphatic rings. The summed E-state index contributed by atoms with van der Waals surface area (Å²) in [6, 6.07) is 15.0. The van der Waals surface area contributed by atoms with Crippen LogP contribution in [0.25, 0.3) is 11.4 Å². The predicted molar refractivity (Wildman–Crippen MR) is 130 cm³/mol. The van der Waals surface area contributed by atoms with Crippen LogP contribution in [0.1, 0.15) is 41.9 Å². The van der Waals surface area contributed by atoms with Gasteiger partial charge in [-0.3, -0.25) is 4.79 Å². The maximum absolute atomic E-state index is 13.0. The largest absolute Gasteiger partial charge is 0.322 e. The fraction of sp³-hybridized carbons (Fsp3) is 0.375. The smallest absolute Gasteiger partial charge is 0.256 e. The van der Waals surface area contributed by atoms with Gasteiger partial charge in [0, 0.05) is 34.4 Å². The molecule has 0 aliphatic carbocycles. The highest BCUT2D eigenvalue weighted by atomic mass is 32.2. The highest BCUT2D eigenvalue weighted by molar-refractivity contribution is 8.02. The number of nitrogens with one attached hydrogen (secondary N) is 1. The Balaban J connectivity index is 1.30. The van der Waals surface area contributed by atoms with Crippen LogP contribution in [0.4, 0.5) is 5.69 Å². The number of aryl methyl sites for hydroxylation is 1. The summed E-state index contributed by atoms with van der Waals surface area (Å²) in [6.45, 7) is 0.937. The van der Waals surface area contributed by atoms with E-state index in [1.165, 1.54) is 18.2 Å². The lowest BCUT2D eigenvalue weighted by Gasteiger charge is -2.13. The van der Waals surface area contributed by atoms with E-state index in [0.29, 0.717) is 17.7 Å². The molecule has 3 heterocycles. The lowest BCUT2D eigenvalue weighted by Crippen LogP contribution is -2.14. The number of aromatic nitrogens is 3. The molecule has 1 saturated heterocycles. The number of thioether (sulfide) groups is 1. The van der Waals surface area contributed by atoms with Crippen molar-refractivity contribution in [3.8, 4) is 11.4 Å². The number of carbonyl (C=O) groups is 1. The number of sulfone groups is 1. The Bertz CT molecular complexity index is 1270. The van der Waals surface area contributed by atoms with Crippen LogP contribution in [0.15, 0.2) is 53.4 Å². The zero-order valence-corrected chi connectivity index (χ0v) is 19.9. The van der Waals surface area contributed by atoms with Crippen molar-refractivity contribution in [2.75, 3.05) is 16.8 Å². The first-order valence-corrected chi connectivity index (χ1v) is 14.0. The molecule has 7 nitrogen and oxygen atoms in total. The zero-order valence-electron chi connectivity index (χ0n) is 18.2. The topological polar surface area (TPSA) is 93.9 Å². The van der Waals surface area contributed by atoms with Crippen LogP contribution in [0.2, 0.25) is 0 Å². The Kier molecular flexibility index (Phi) is 6.25. The Hall–Kier alpha value is -2.65. The van der Waals surface area contributed by atoms with E-state index in [1.807, 2.05) is 42.5 Å². The monoisotopic (exact) mass is 482 g/mol. The van der Waals surface area contributed by atoms with Gasteiger partial charge in [-0.15, -0.1) is 22.0 Å². The molecule has 1 amide bonds. The van der Waals surface area contributed by atoms with Gasteiger partial charge in [0.2, 0.25) is 0 Å². The number of nitrogens with zero attached hydrogens (tertiary/aromatic N) is 3. The summed E-state index contributed by atoms with van der Waals surface area (Å²) < 4.78 is 25.8. The molecular weight excluding hydrogens is 456 g/mol. The normalized spacial score (nSPS) is 19.6. The van der Waals surface area contributed by atoms with Crippen molar-refractivity contribution in [1.29, 1.82) is 0 Å². The summed E-state index contributed by atoms with van der Waals surface area (Å²) in [5.74, 6) is 2.10. The molecule has 9 heteroatoms. The Labute approximate surface area is 197 Å². The van der Waals surface area contributed by atoms with Gasteiger partial charge in [0.25, 0.3) is 5.91 Å². The van der Waals surface area contributed by atoms with E-state index in [1.54, 1.807) is 6.07 Å². The van der Waals surface area contributed by atoms with E-state index in [0.717, 1.165) is 47.9 Å². The molecule has 0 bridgehead atoms. The first-order valence-electron chi connectivity index (χ1n) is 11.3. The minimum Gasteiger partial charge on any atom is -0.322 e. The number of carbonyl (C=O) groups excluding carboxylic acids is 1. The SMILES string of the molecule is O=C(Nc1ccc(-c2nnc3n2CCCCC3)cc1)c1ccccc1S[C@@H]1CCS(=O)(=O)C1. The van der Waals surface area contributed by atoms with Crippen LogP contribution in [0, 0.1) is 0 Å². The van der Waals surface area contributed by atoms with Gasteiger partial charge in [-0.2, -0.15) is 0 Å². The van der Waals surface area contributed by atoms with Crippen LogP contribution < -0.4 is 5.32 Å². The molecule has 1 atom stereocenters. The van der Waals surface area contributed by atoms with Crippen molar-refractivity contribution in [2.45, 2.75) is 48.8 Å². The zero-order chi connectivity index (χ0) is 22.8. The molecular formula is C24H26N4O3S2. The second kappa shape index (κ2) is 9.30. The average Bonchev–Trinajstić information content (AvgIpc) is 3.27. The molecule has 0 radical (unpaired) electrons. The number of amides is 1. The minimum absolute atomic E-state index is 0.0125. The summed E-state index contributed by atoms with van der Waals surface area (Å²) in [6.07, 6.45) is 5.09. The standard InChI is InChI=1S/C24H26N4O3S2/c29-24(20-6-3-4-7-21(20)32-19-13-15-33(30,31)16-19)25-18-11-9-17(10-12-18)23-27-26-22-8-2-1-5-14-28(22)23/h3-4,6-7,9-12,19H,1-2,5,8,13-16H2,(H,25,29)/t19-/m1/s1. The van der Waals surface area contributed by atoms with Gasteiger partial charge in [0.15, 0.2) is 15.7 Å². The lowest BCUT2D eigenvalue weighted by molar-refractivity contribution is 0.102. The number of anilines is 1. The molecule has 3 aromatic rings. The lowest BCUT2D eigenvalue weighted by atomic mass is 10.1. The van der Waals surface area contributed by atoms with Gasteiger partial charge >= 0.3 is 0 Å². The summed E-state index contributed by atoms with van der Waals surface area (Å²) in [5, 5.41) is 11.7. The number of hydrogen-bond acceptors (Lipinski definition) is 6. The van der Waals surface area contributed by atoms with Crippen LogP contribution >= 0.6 is 11.8 Å². The van der Waals surface area contributed by atoms with Crippen molar-refractivity contribution in [3.05, 3.63) is 59.9 Å². The molecule has 33 heavy (non-hydrogen) atoms. The molecule has 2 aliphatic heterocycles. The summed E-state index contributed by atoms with van der Waals surface area (Å²) in [5.41, 5.74) is 2.23. The van der Waals surface area contributed by atoms with Crippen LogP contribution in [0.5, 0.6) is 0 Å². The summed E-state index contributed by atoms with van der Waals surface area (Å²) >= 11 is 1.48. The van der Waals surface area contributed by atoms with Gasteiger partial charge in [-0.05, 0) is 55.7 Å². The Morgan fingerprint density at radius 3 is 2.64 bits per heavy atom. The fourth-order valence-electron chi connectivity index (χ4n) is 4.39. The Morgan fingerprint density at radius 1 is 1.03 bits per heavy atom. The molecule has 1 N–H and O–H groups in total. The highest BCUT2D eigenvalue weighted by Gasteiger charge is 2.29. The number of rotatable bonds is 5. The van der Waals surface area contributed by atoms with Gasteiger partial charge < -0.3 is 9.88 Å². The minimum atomic E-state index is -2.96. The highest BCUT2D eigenvalue weighted by Crippen LogP contribution is 2.33. The van der Waals surface area contributed by atoms with E-state index in [9.17, 15) is 13.2 Å². The molecule has 5 rings (SSSR count). The third-order valence-electron chi connectivity index (χ3n) is 6.13. The van der Waals surface area contributed by atoms with Gasteiger partial charge in [-0.1, -0.05) is 18.6 Å². The first-order chi connectivity index (χ1) is 16.0. The van der Waals surface area contributed by atoms with Gasteiger partial charge in [-0.25, -0.2) is 8.42 Å².